The molecule has 0 saturated heterocycles. The summed E-state index contributed by atoms with van der Waals surface area (Å²) in [5.41, 5.74) is 1.69. The Labute approximate surface area is 91.7 Å². The lowest BCUT2D eigenvalue weighted by Crippen LogP contribution is -2.00. The average molecular weight is 216 g/mol. The van der Waals surface area contributed by atoms with E-state index in [1.807, 2.05) is 0 Å². The molecule has 0 fully saturated rings. The van der Waals surface area contributed by atoms with Crippen molar-refractivity contribution in [2.75, 3.05) is 5.32 Å². The van der Waals surface area contributed by atoms with Gasteiger partial charge in [-0.25, -0.2) is 0 Å². The van der Waals surface area contributed by atoms with Gasteiger partial charge in [0.15, 0.2) is 0 Å². The highest BCUT2D eigenvalue weighted by Gasteiger charge is 2.22. The summed E-state index contributed by atoms with van der Waals surface area (Å²) in [6.45, 7) is 0. The maximum Gasteiger partial charge on any atom is 0.288 e. The molecule has 80 valence electrons. The fourth-order valence-corrected chi connectivity index (χ4v) is 1.71. The van der Waals surface area contributed by atoms with E-state index in [2.05, 4.69) is 10.1 Å². The van der Waals surface area contributed by atoms with E-state index in [0.29, 0.717) is 11.5 Å². The van der Waals surface area contributed by atoms with Gasteiger partial charge in [-0.1, -0.05) is 0 Å². The lowest BCUT2D eigenvalue weighted by molar-refractivity contribution is 0.197. The van der Waals surface area contributed by atoms with Crippen LogP contribution in [0.2, 0.25) is 0 Å². The van der Waals surface area contributed by atoms with Crippen molar-refractivity contribution in [3.63, 3.8) is 0 Å². The molecule has 1 heterocycles. The second kappa shape index (κ2) is 3.06. The molecule has 0 saturated carbocycles. The zero-order chi connectivity index (χ0) is 11.1. The van der Waals surface area contributed by atoms with Crippen LogP contribution in [-0.4, -0.2) is 14.9 Å². The summed E-state index contributed by atoms with van der Waals surface area (Å²) < 4.78 is 4.35. The molecule has 2 aromatic rings. The molecule has 1 aliphatic heterocycles. The van der Waals surface area contributed by atoms with Crippen LogP contribution in [0.1, 0.15) is 0 Å². The van der Waals surface area contributed by atoms with Crippen LogP contribution >= 0.6 is 0 Å². The largest absolute Gasteiger partial charge is 0.543 e. The molecular formula is C12H10NO3+. The first kappa shape index (κ1) is 8.91. The van der Waals surface area contributed by atoms with Gasteiger partial charge in [0.2, 0.25) is 0 Å². The molecule has 3 rings (SSSR count). The van der Waals surface area contributed by atoms with Crippen LogP contribution in [0, 0.1) is 0 Å². The SMILES string of the molecule is Oc1ccc2c(c1)[OH+]c1cc(O)ccc1N2. The summed E-state index contributed by atoms with van der Waals surface area (Å²) in [6, 6.07) is 9.90. The van der Waals surface area contributed by atoms with E-state index in [4.69, 9.17) is 0 Å². The van der Waals surface area contributed by atoms with Crippen LogP contribution in [0.5, 0.6) is 23.0 Å². The third-order valence-electron chi connectivity index (χ3n) is 2.47. The molecule has 0 radical (unpaired) electrons. The molecule has 0 amide bonds. The number of nitrogens with one attached hydrogen (secondary N) is 1. The fraction of sp³-hybridized carbons (Fsp3) is 0. The maximum atomic E-state index is 9.35. The Morgan fingerprint density at radius 1 is 0.812 bits per heavy atom. The van der Waals surface area contributed by atoms with E-state index < -0.39 is 0 Å². The Balaban J connectivity index is 2.10. The first-order valence-electron chi connectivity index (χ1n) is 4.87. The van der Waals surface area contributed by atoms with Crippen LogP contribution in [0.3, 0.4) is 0 Å². The molecule has 4 heteroatoms. The summed E-state index contributed by atoms with van der Waals surface area (Å²) >= 11 is 0. The third kappa shape index (κ3) is 1.32. The highest BCUT2D eigenvalue weighted by molar-refractivity contribution is 5.75. The van der Waals surface area contributed by atoms with Gasteiger partial charge in [-0.2, -0.15) is 0 Å². The Kier molecular flexibility index (Phi) is 1.71. The number of fused-ring (bicyclic) bond motifs is 2. The Hall–Kier alpha value is -2.36. The average Bonchev–Trinajstić information content (AvgIpc) is 2.26. The molecule has 0 unspecified atom stereocenters. The van der Waals surface area contributed by atoms with Gasteiger partial charge in [-0.05, 0) is 24.3 Å². The van der Waals surface area contributed by atoms with E-state index in [1.54, 1.807) is 36.4 Å². The second-order valence-corrected chi connectivity index (χ2v) is 3.64. The summed E-state index contributed by atoms with van der Waals surface area (Å²) in [5.74, 6) is 1.68. The van der Waals surface area contributed by atoms with E-state index in [9.17, 15) is 10.2 Å². The Morgan fingerprint density at radius 2 is 1.31 bits per heavy atom. The highest BCUT2D eigenvalue weighted by atomic mass is 16.5. The van der Waals surface area contributed by atoms with Gasteiger partial charge in [0.05, 0.1) is 12.1 Å². The molecule has 4 nitrogen and oxygen atoms in total. The fourth-order valence-electron chi connectivity index (χ4n) is 1.71. The number of hydrogen-bond donors (Lipinski definition) is 3. The van der Waals surface area contributed by atoms with Crippen molar-refractivity contribution in [2.45, 2.75) is 0 Å². The molecule has 0 spiro atoms. The van der Waals surface area contributed by atoms with Gasteiger partial charge in [0, 0.05) is 0 Å². The molecule has 2 aromatic carbocycles. The van der Waals surface area contributed by atoms with Crippen LogP contribution in [0.15, 0.2) is 36.4 Å². The lowest BCUT2D eigenvalue weighted by Gasteiger charge is -2.18. The number of benzene rings is 2. The monoisotopic (exact) mass is 216 g/mol. The smallest absolute Gasteiger partial charge is 0.288 e. The van der Waals surface area contributed by atoms with Gasteiger partial charge >= 0.3 is 0 Å². The molecule has 1 aliphatic rings. The second-order valence-electron chi connectivity index (χ2n) is 3.64. The Bertz CT molecular complexity index is 517. The molecule has 0 aliphatic carbocycles. The minimum Gasteiger partial charge on any atom is -0.543 e. The zero-order valence-corrected chi connectivity index (χ0v) is 8.31. The molecule has 0 bridgehead atoms. The molecular weight excluding hydrogens is 206 g/mol. The van der Waals surface area contributed by atoms with Crippen molar-refractivity contribution in [2.24, 2.45) is 0 Å². The first-order valence-corrected chi connectivity index (χ1v) is 4.87. The molecule has 0 aromatic heterocycles. The van der Waals surface area contributed by atoms with E-state index in [-0.39, 0.29) is 11.5 Å². The van der Waals surface area contributed by atoms with Crippen molar-refractivity contribution in [3.8, 4) is 23.0 Å². The van der Waals surface area contributed by atoms with Crippen LogP contribution in [-0.2, 0) is 0 Å². The number of ether oxygens (including phenoxy) is 1. The number of aromatic hydroxyl groups is 4. The van der Waals surface area contributed by atoms with Crippen molar-refractivity contribution >= 4 is 11.4 Å². The predicted octanol–water partition coefficient (Wildman–Crippen LogP) is 2.81. The minimum atomic E-state index is 0.174. The van der Waals surface area contributed by atoms with Gasteiger partial charge in [0.25, 0.3) is 11.5 Å². The summed E-state index contributed by atoms with van der Waals surface area (Å²) in [7, 11) is 0. The number of phenols is 2. The zero-order valence-electron chi connectivity index (χ0n) is 8.31. The summed E-state index contributed by atoms with van der Waals surface area (Å²) in [6.07, 6.45) is 0. The van der Waals surface area contributed by atoms with Crippen molar-refractivity contribution in [3.05, 3.63) is 36.4 Å². The lowest BCUT2D eigenvalue weighted by atomic mass is 10.2. The van der Waals surface area contributed by atoms with Gasteiger partial charge in [-0.3, -0.25) is 0 Å². The van der Waals surface area contributed by atoms with Crippen LogP contribution in [0.25, 0.3) is 0 Å². The van der Waals surface area contributed by atoms with Crippen LogP contribution < -0.4 is 5.32 Å². The minimum absolute atomic E-state index is 0.174. The first-order chi connectivity index (χ1) is 7.72. The highest BCUT2D eigenvalue weighted by Crippen LogP contribution is 2.45. The van der Waals surface area contributed by atoms with E-state index >= 15 is 0 Å². The number of rotatable bonds is 0. The van der Waals surface area contributed by atoms with Gasteiger partial charge < -0.3 is 20.3 Å². The normalized spacial score (nSPS) is 12.0. The van der Waals surface area contributed by atoms with Crippen molar-refractivity contribution in [1.29, 1.82) is 0 Å². The predicted molar refractivity (Wildman–Crippen MR) is 60.6 cm³/mol. The van der Waals surface area contributed by atoms with Gasteiger partial charge in [-0.15, -0.1) is 0 Å². The Morgan fingerprint density at radius 3 is 1.81 bits per heavy atom. The third-order valence-corrected chi connectivity index (χ3v) is 2.47. The molecule has 16 heavy (non-hydrogen) atoms. The van der Waals surface area contributed by atoms with Gasteiger partial charge in [0.1, 0.15) is 22.9 Å². The quantitative estimate of drug-likeness (QED) is 0.307. The van der Waals surface area contributed by atoms with Crippen molar-refractivity contribution in [1.82, 2.24) is 0 Å². The molecule has 0 atom stereocenters. The summed E-state index contributed by atoms with van der Waals surface area (Å²) in [5, 5.41) is 21.9. The number of phenolic OH excluding ortho intramolecular Hbond substituents is 2. The number of hydrogen-bond acceptors (Lipinski definition) is 3. The summed E-state index contributed by atoms with van der Waals surface area (Å²) in [4.78, 5) is 0. The van der Waals surface area contributed by atoms with Crippen LogP contribution in [0.4, 0.5) is 11.4 Å². The topological polar surface area (TPSA) is 65.3 Å². The molecule has 4 N–H and O–H groups in total. The number of anilines is 2. The maximum absolute atomic E-state index is 9.35. The van der Waals surface area contributed by atoms with E-state index in [1.165, 1.54) is 0 Å². The van der Waals surface area contributed by atoms with Crippen molar-refractivity contribution < 1.29 is 14.9 Å². The standard InChI is InChI=1S/C12H9NO3/c14-7-1-3-9-11(5-7)16-12-6-8(15)2-4-10(12)13-9/h1-6,13-15H/p+1. The van der Waals surface area contributed by atoms with E-state index in [0.717, 1.165) is 11.4 Å².